The number of fused-ring (bicyclic) bond motifs is 4. The third-order valence-corrected chi connectivity index (χ3v) is 6.14. The lowest BCUT2D eigenvalue weighted by molar-refractivity contribution is 0.102. The van der Waals surface area contributed by atoms with Gasteiger partial charge in [-0.2, -0.15) is 5.26 Å². The van der Waals surface area contributed by atoms with Crippen molar-refractivity contribution in [2.24, 2.45) is 0 Å². The van der Waals surface area contributed by atoms with E-state index in [9.17, 15) is 4.79 Å². The number of amides is 1. The molecule has 0 aromatic carbocycles. The van der Waals surface area contributed by atoms with Crippen LogP contribution in [0, 0.1) is 11.3 Å². The topological polar surface area (TPSA) is 85.5 Å². The van der Waals surface area contributed by atoms with Gasteiger partial charge >= 0.3 is 0 Å². The van der Waals surface area contributed by atoms with Crippen LogP contribution in [0.5, 0.6) is 0 Å². The average molecular weight is 378 g/mol. The molecule has 2 bridgehead atoms. The molecular weight excluding hydrogens is 360 g/mol. The molecule has 3 saturated heterocycles. The SMILES string of the molecule is N#Cc1cscc1NC(=O)c1ccc2ccc(N3CC4CCC3CN4)nn12. The molecule has 27 heavy (non-hydrogen) atoms. The molecular formula is C19H18N6OS. The number of carbonyl (C=O) groups is 1. The van der Waals surface area contributed by atoms with E-state index < -0.39 is 0 Å². The highest BCUT2D eigenvalue weighted by Crippen LogP contribution is 2.27. The van der Waals surface area contributed by atoms with Gasteiger partial charge in [-0.05, 0) is 37.1 Å². The summed E-state index contributed by atoms with van der Waals surface area (Å²) in [6.07, 6.45) is 2.38. The first-order chi connectivity index (χ1) is 13.2. The molecule has 3 aromatic heterocycles. The fourth-order valence-electron chi connectivity index (χ4n) is 3.96. The van der Waals surface area contributed by atoms with Crippen LogP contribution in [0.1, 0.15) is 28.9 Å². The number of nitrogens with one attached hydrogen (secondary N) is 2. The number of aromatic nitrogens is 2. The van der Waals surface area contributed by atoms with E-state index >= 15 is 0 Å². The number of hydrogen-bond acceptors (Lipinski definition) is 6. The van der Waals surface area contributed by atoms with Gasteiger partial charge in [-0.15, -0.1) is 16.4 Å². The van der Waals surface area contributed by atoms with Gasteiger partial charge in [0.05, 0.1) is 16.8 Å². The highest BCUT2D eigenvalue weighted by molar-refractivity contribution is 7.08. The number of piperidine rings is 2. The Kier molecular flexibility index (Phi) is 3.85. The Morgan fingerprint density at radius 2 is 2.19 bits per heavy atom. The molecule has 2 atom stereocenters. The third kappa shape index (κ3) is 2.76. The van der Waals surface area contributed by atoms with Gasteiger partial charge in [0.1, 0.15) is 17.6 Å². The molecule has 0 spiro atoms. The molecule has 3 aliphatic rings. The van der Waals surface area contributed by atoms with Crippen molar-refractivity contribution >= 4 is 34.3 Å². The number of nitrogens with zero attached hydrogens (tertiary/aromatic N) is 4. The summed E-state index contributed by atoms with van der Waals surface area (Å²) >= 11 is 1.39. The van der Waals surface area contributed by atoms with Gasteiger partial charge in [-0.1, -0.05) is 0 Å². The summed E-state index contributed by atoms with van der Waals surface area (Å²) in [4.78, 5) is 15.1. The molecule has 7 nitrogen and oxygen atoms in total. The first-order valence-electron chi connectivity index (χ1n) is 8.99. The van der Waals surface area contributed by atoms with Crippen LogP contribution in [-0.2, 0) is 0 Å². The Hall–Kier alpha value is -2.89. The molecule has 6 rings (SSSR count). The molecule has 3 aromatic rings. The molecule has 6 heterocycles. The second-order valence-electron chi connectivity index (χ2n) is 7.00. The summed E-state index contributed by atoms with van der Waals surface area (Å²) < 4.78 is 1.69. The van der Waals surface area contributed by atoms with Gasteiger partial charge in [-0.25, -0.2) is 4.52 Å². The van der Waals surface area contributed by atoms with Crippen LogP contribution in [0.15, 0.2) is 35.0 Å². The Balaban J connectivity index is 1.47. The predicted molar refractivity (Wildman–Crippen MR) is 104 cm³/mol. The van der Waals surface area contributed by atoms with E-state index in [1.54, 1.807) is 21.3 Å². The first kappa shape index (κ1) is 16.3. The second kappa shape index (κ2) is 6.37. The monoisotopic (exact) mass is 378 g/mol. The lowest BCUT2D eigenvalue weighted by Crippen LogP contribution is -2.61. The van der Waals surface area contributed by atoms with Crippen molar-refractivity contribution < 1.29 is 4.79 Å². The van der Waals surface area contributed by atoms with Gasteiger partial charge in [0.25, 0.3) is 5.91 Å². The van der Waals surface area contributed by atoms with E-state index in [0.29, 0.717) is 29.0 Å². The molecule has 2 N–H and O–H groups in total. The third-order valence-electron chi connectivity index (χ3n) is 5.40. The number of hydrogen-bond donors (Lipinski definition) is 2. The minimum Gasteiger partial charge on any atom is -0.349 e. The van der Waals surface area contributed by atoms with Crippen LogP contribution in [0.25, 0.3) is 5.52 Å². The lowest BCUT2D eigenvalue weighted by atomic mass is 9.93. The van der Waals surface area contributed by atoms with Crippen molar-refractivity contribution in [3.05, 3.63) is 46.3 Å². The van der Waals surface area contributed by atoms with E-state index in [1.807, 2.05) is 18.2 Å². The quantitative estimate of drug-likeness (QED) is 0.731. The Morgan fingerprint density at radius 1 is 1.30 bits per heavy atom. The molecule has 0 radical (unpaired) electrons. The largest absolute Gasteiger partial charge is 0.349 e. The van der Waals surface area contributed by atoms with E-state index in [-0.39, 0.29) is 5.91 Å². The molecule has 8 heteroatoms. The fraction of sp³-hybridized carbons (Fsp3) is 0.316. The lowest BCUT2D eigenvalue weighted by Gasteiger charge is -2.46. The van der Waals surface area contributed by atoms with E-state index in [2.05, 4.69) is 21.6 Å². The number of thiophene rings is 1. The van der Waals surface area contributed by atoms with Crippen LogP contribution in [0.2, 0.25) is 0 Å². The molecule has 0 saturated carbocycles. The Bertz CT molecular complexity index is 1060. The molecule has 1 amide bonds. The van der Waals surface area contributed by atoms with Crippen molar-refractivity contribution in [2.75, 3.05) is 23.3 Å². The predicted octanol–water partition coefficient (Wildman–Crippen LogP) is 2.46. The number of carbonyl (C=O) groups excluding carboxylic acids is 1. The summed E-state index contributed by atoms with van der Waals surface area (Å²) in [5.74, 6) is 0.633. The van der Waals surface area contributed by atoms with E-state index in [4.69, 9.17) is 10.4 Å². The van der Waals surface area contributed by atoms with Gasteiger partial charge in [-0.3, -0.25) is 4.79 Å². The minimum absolute atomic E-state index is 0.267. The van der Waals surface area contributed by atoms with Crippen molar-refractivity contribution in [1.29, 1.82) is 5.26 Å². The molecule has 3 fully saturated rings. The summed E-state index contributed by atoms with van der Waals surface area (Å²) in [5.41, 5.74) is 2.34. The second-order valence-corrected chi connectivity index (χ2v) is 7.74. The Morgan fingerprint density at radius 3 is 2.93 bits per heavy atom. The number of nitriles is 1. The van der Waals surface area contributed by atoms with Crippen LogP contribution in [0.3, 0.4) is 0 Å². The van der Waals surface area contributed by atoms with E-state index in [1.165, 1.54) is 24.2 Å². The zero-order valence-corrected chi connectivity index (χ0v) is 15.4. The van der Waals surface area contributed by atoms with Crippen LogP contribution >= 0.6 is 11.3 Å². The Labute approximate surface area is 160 Å². The normalized spacial score (nSPS) is 21.4. The van der Waals surface area contributed by atoms with Gasteiger partial charge in [0.2, 0.25) is 0 Å². The molecule has 3 aliphatic heterocycles. The summed E-state index contributed by atoms with van der Waals surface area (Å²) in [7, 11) is 0. The number of piperazine rings is 1. The zero-order chi connectivity index (χ0) is 18.4. The molecule has 0 aliphatic carbocycles. The van der Waals surface area contributed by atoms with Gasteiger partial charge in [0, 0.05) is 35.9 Å². The average Bonchev–Trinajstić information content (AvgIpc) is 3.34. The standard InChI is InChI=1S/C19H18N6OS/c20-7-12-10-27-11-16(12)22-19(26)17-5-3-14-4-6-18(23-25(14)17)24-9-13-1-2-15(24)8-21-13/h3-6,10-11,13,15,21H,1-2,8-9H2,(H,22,26). The van der Waals surface area contributed by atoms with Crippen molar-refractivity contribution in [2.45, 2.75) is 24.9 Å². The number of rotatable bonds is 3. The maximum Gasteiger partial charge on any atom is 0.274 e. The molecule has 136 valence electrons. The summed E-state index contributed by atoms with van der Waals surface area (Å²) in [6.45, 7) is 1.94. The minimum atomic E-state index is -0.267. The highest BCUT2D eigenvalue weighted by atomic mass is 32.1. The van der Waals surface area contributed by atoms with Gasteiger partial charge < -0.3 is 15.5 Å². The van der Waals surface area contributed by atoms with Crippen LogP contribution in [-0.4, -0.2) is 40.7 Å². The van der Waals surface area contributed by atoms with Crippen LogP contribution < -0.4 is 15.5 Å². The summed E-state index contributed by atoms with van der Waals surface area (Å²) in [5, 5.41) is 23.8. The summed E-state index contributed by atoms with van der Waals surface area (Å²) in [6, 6.07) is 10.7. The van der Waals surface area contributed by atoms with Crippen LogP contribution in [0.4, 0.5) is 11.5 Å². The van der Waals surface area contributed by atoms with Crippen molar-refractivity contribution in [1.82, 2.24) is 14.9 Å². The van der Waals surface area contributed by atoms with Gasteiger partial charge in [0.15, 0.2) is 0 Å². The van der Waals surface area contributed by atoms with Crippen molar-refractivity contribution in [3.8, 4) is 6.07 Å². The first-order valence-corrected chi connectivity index (χ1v) is 9.93. The maximum absolute atomic E-state index is 12.8. The smallest absolute Gasteiger partial charge is 0.274 e. The zero-order valence-electron chi connectivity index (χ0n) is 14.6. The van der Waals surface area contributed by atoms with E-state index in [0.717, 1.165) is 24.4 Å². The highest BCUT2D eigenvalue weighted by Gasteiger charge is 2.34. The molecule has 2 unspecified atom stereocenters. The maximum atomic E-state index is 12.8. The number of anilines is 2. The fourth-order valence-corrected chi connectivity index (χ4v) is 4.67. The van der Waals surface area contributed by atoms with Crippen molar-refractivity contribution in [3.63, 3.8) is 0 Å².